The second-order valence-corrected chi connectivity index (χ2v) is 3.30. The van der Waals surface area contributed by atoms with Crippen LogP contribution < -0.4 is 11.0 Å². The Bertz CT molecular complexity index is 397. The van der Waals surface area contributed by atoms with Crippen molar-refractivity contribution in [2.24, 2.45) is 0 Å². The number of aromatic amines is 1. The molecule has 0 radical (unpaired) electrons. The topological polar surface area (TPSA) is 115 Å². The zero-order valence-electron chi connectivity index (χ0n) is 8.67. The summed E-state index contributed by atoms with van der Waals surface area (Å²) < 4.78 is 0. The Balaban J connectivity index is 2.62. The molecular weight excluding hydrogens is 214 g/mol. The Morgan fingerprint density at radius 1 is 1.62 bits per heavy atom. The van der Waals surface area contributed by atoms with Gasteiger partial charge in [-0.2, -0.15) is 0 Å². The average molecular weight is 227 g/mol. The highest BCUT2D eigenvalue weighted by Crippen LogP contribution is 2.13. The molecule has 1 aromatic rings. The highest BCUT2D eigenvalue weighted by atomic mass is 16.3. The smallest absolute Gasteiger partial charge is 0.344 e. The van der Waals surface area contributed by atoms with Gasteiger partial charge in [0, 0.05) is 31.4 Å². The van der Waals surface area contributed by atoms with Gasteiger partial charge in [0.1, 0.15) is 12.2 Å². The van der Waals surface area contributed by atoms with E-state index in [1.54, 1.807) is 0 Å². The van der Waals surface area contributed by atoms with Crippen molar-refractivity contribution < 1.29 is 15.0 Å². The minimum Gasteiger partial charge on any atom is -0.388 e. The van der Waals surface area contributed by atoms with Crippen molar-refractivity contribution in [1.82, 2.24) is 15.3 Å². The third-order valence-electron chi connectivity index (χ3n) is 1.96. The molecule has 0 saturated heterocycles. The monoisotopic (exact) mass is 227 g/mol. The van der Waals surface area contributed by atoms with Crippen molar-refractivity contribution in [3.05, 3.63) is 28.4 Å². The second-order valence-electron chi connectivity index (χ2n) is 3.30. The zero-order valence-corrected chi connectivity index (χ0v) is 8.67. The number of rotatable bonds is 4. The lowest BCUT2D eigenvalue weighted by molar-refractivity contribution is -0.119. The molecule has 2 unspecified atom stereocenters. The summed E-state index contributed by atoms with van der Waals surface area (Å²) in [6.45, 7) is 1.23. The molecule has 1 aromatic heterocycles. The third-order valence-corrected chi connectivity index (χ3v) is 1.96. The quantitative estimate of drug-likeness (QED) is 0.489. The second kappa shape index (κ2) is 5.38. The van der Waals surface area contributed by atoms with Gasteiger partial charge in [0.05, 0.1) is 0 Å². The minimum absolute atomic E-state index is 0.0738. The molecule has 1 heterocycles. The van der Waals surface area contributed by atoms with E-state index < -0.39 is 17.9 Å². The summed E-state index contributed by atoms with van der Waals surface area (Å²) in [6.07, 6.45) is 0.0603. The van der Waals surface area contributed by atoms with Crippen LogP contribution in [-0.2, 0) is 4.79 Å². The van der Waals surface area contributed by atoms with E-state index >= 15 is 0 Å². The van der Waals surface area contributed by atoms with Crippen LogP contribution in [0, 0.1) is 0 Å². The van der Waals surface area contributed by atoms with Crippen molar-refractivity contribution in [2.75, 3.05) is 6.54 Å². The minimum atomic E-state index is -1.21. The van der Waals surface area contributed by atoms with Crippen molar-refractivity contribution in [3.8, 4) is 0 Å². The molecule has 7 heteroatoms. The maximum absolute atomic E-state index is 10.7. The van der Waals surface area contributed by atoms with E-state index in [4.69, 9.17) is 0 Å². The molecule has 0 fully saturated rings. The number of hydrogen-bond donors (Lipinski definition) is 4. The van der Waals surface area contributed by atoms with Gasteiger partial charge in [-0.1, -0.05) is 0 Å². The molecular formula is C9H13N3O4. The SMILES string of the molecule is CC(=O)NCC(O)C(O)c1cnc(=O)[nH]c1. The predicted molar refractivity (Wildman–Crippen MR) is 54.5 cm³/mol. The van der Waals surface area contributed by atoms with Crippen molar-refractivity contribution in [3.63, 3.8) is 0 Å². The van der Waals surface area contributed by atoms with Crippen LogP contribution in [0.4, 0.5) is 0 Å². The maximum atomic E-state index is 10.7. The molecule has 0 spiro atoms. The number of hydrogen-bond acceptors (Lipinski definition) is 5. The first-order chi connectivity index (χ1) is 7.50. The lowest BCUT2D eigenvalue weighted by Gasteiger charge is -2.17. The fourth-order valence-corrected chi connectivity index (χ4v) is 1.10. The van der Waals surface area contributed by atoms with E-state index in [1.807, 2.05) is 0 Å². The largest absolute Gasteiger partial charge is 0.388 e. The van der Waals surface area contributed by atoms with Crippen LogP contribution in [-0.4, -0.2) is 38.7 Å². The summed E-state index contributed by atoms with van der Waals surface area (Å²) in [7, 11) is 0. The molecule has 1 amide bonds. The number of aromatic nitrogens is 2. The van der Waals surface area contributed by atoms with Crippen molar-refractivity contribution in [2.45, 2.75) is 19.1 Å². The first-order valence-corrected chi connectivity index (χ1v) is 4.66. The Labute approximate surface area is 91.2 Å². The summed E-state index contributed by atoms with van der Waals surface area (Å²) >= 11 is 0. The lowest BCUT2D eigenvalue weighted by atomic mass is 10.1. The normalized spacial score (nSPS) is 14.2. The van der Waals surface area contributed by atoms with Crippen molar-refractivity contribution >= 4 is 5.91 Å². The maximum Gasteiger partial charge on any atom is 0.344 e. The Morgan fingerprint density at radius 2 is 2.31 bits per heavy atom. The summed E-state index contributed by atoms with van der Waals surface area (Å²) in [5, 5.41) is 21.5. The summed E-state index contributed by atoms with van der Waals surface area (Å²) in [6, 6.07) is 0. The number of aliphatic hydroxyl groups excluding tert-OH is 2. The standard InChI is InChI=1S/C9H13N3O4/c1-5(13)10-4-7(14)8(15)6-2-11-9(16)12-3-6/h2-3,7-8,14-15H,4H2,1H3,(H,10,13)(H,11,12,16). The van der Waals surface area contributed by atoms with Gasteiger partial charge in [-0.05, 0) is 0 Å². The van der Waals surface area contributed by atoms with Gasteiger partial charge in [0.15, 0.2) is 0 Å². The molecule has 0 saturated carbocycles. The first kappa shape index (κ1) is 12.3. The predicted octanol–water partition coefficient (Wildman–Crippen LogP) is -1.70. The highest BCUT2D eigenvalue weighted by molar-refractivity contribution is 5.72. The zero-order chi connectivity index (χ0) is 12.1. The van der Waals surface area contributed by atoms with E-state index in [2.05, 4.69) is 15.3 Å². The Hall–Kier alpha value is -1.73. The van der Waals surface area contributed by atoms with Gasteiger partial charge < -0.3 is 20.5 Å². The van der Waals surface area contributed by atoms with Crippen LogP contribution in [0.1, 0.15) is 18.6 Å². The van der Waals surface area contributed by atoms with Crippen LogP contribution in [0.3, 0.4) is 0 Å². The number of H-pyrrole nitrogens is 1. The lowest BCUT2D eigenvalue weighted by Crippen LogP contribution is -2.34. The summed E-state index contributed by atoms with van der Waals surface area (Å²) in [4.78, 5) is 26.9. The van der Waals surface area contributed by atoms with Crippen LogP contribution in [0.5, 0.6) is 0 Å². The van der Waals surface area contributed by atoms with E-state index in [9.17, 15) is 19.8 Å². The Kier molecular flexibility index (Phi) is 4.15. The Morgan fingerprint density at radius 3 is 2.81 bits per heavy atom. The first-order valence-electron chi connectivity index (χ1n) is 4.66. The molecule has 1 rings (SSSR count). The number of amides is 1. The molecule has 7 nitrogen and oxygen atoms in total. The van der Waals surface area contributed by atoms with Crippen LogP contribution in [0.25, 0.3) is 0 Å². The number of nitrogens with zero attached hydrogens (tertiary/aromatic N) is 1. The van der Waals surface area contributed by atoms with Crippen LogP contribution in [0.2, 0.25) is 0 Å². The third kappa shape index (κ3) is 3.44. The molecule has 16 heavy (non-hydrogen) atoms. The van der Waals surface area contributed by atoms with E-state index in [1.165, 1.54) is 19.3 Å². The molecule has 0 aliphatic carbocycles. The van der Waals surface area contributed by atoms with Crippen molar-refractivity contribution in [1.29, 1.82) is 0 Å². The van der Waals surface area contributed by atoms with Gasteiger partial charge in [-0.3, -0.25) is 4.79 Å². The molecule has 0 aliphatic heterocycles. The number of nitrogens with one attached hydrogen (secondary N) is 2. The summed E-state index contributed by atoms with van der Waals surface area (Å²) in [5.41, 5.74) is -0.259. The van der Waals surface area contributed by atoms with Gasteiger partial charge >= 0.3 is 5.69 Å². The number of carbonyl (C=O) groups is 1. The molecule has 0 aromatic carbocycles. The number of carbonyl (C=O) groups excluding carboxylic acids is 1. The van der Waals surface area contributed by atoms with Gasteiger partial charge in [-0.15, -0.1) is 0 Å². The van der Waals surface area contributed by atoms with E-state index in [0.717, 1.165) is 0 Å². The summed E-state index contributed by atoms with van der Waals surface area (Å²) in [5.74, 6) is -0.300. The van der Waals surface area contributed by atoms with Gasteiger partial charge in [0.2, 0.25) is 5.91 Å². The molecule has 2 atom stereocenters. The van der Waals surface area contributed by atoms with Gasteiger partial charge in [-0.25, -0.2) is 9.78 Å². The fraction of sp³-hybridized carbons (Fsp3) is 0.444. The number of aliphatic hydroxyl groups is 2. The average Bonchev–Trinajstić information content (AvgIpc) is 2.26. The van der Waals surface area contributed by atoms with E-state index in [0.29, 0.717) is 0 Å². The molecule has 0 aliphatic rings. The molecule has 88 valence electrons. The fourth-order valence-electron chi connectivity index (χ4n) is 1.10. The van der Waals surface area contributed by atoms with Crippen LogP contribution >= 0.6 is 0 Å². The van der Waals surface area contributed by atoms with Gasteiger partial charge in [0.25, 0.3) is 0 Å². The van der Waals surface area contributed by atoms with E-state index in [-0.39, 0.29) is 18.0 Å². The molecule has 0 bridgehead atoms. The highest BCUT2D eigenvalue weighted by Gasteiger charge is 2.18. The van der Waals surface area contributed by atoms with Crippen LogP contribution in [0.15, 0.2) is 17.2 Å². The molecule has 4 N–H and O–H groups in total.